The van der Waals surface area contributed by atoms with Gasteiger partial charge in [0.25, 0.3) is 5.56 Å². The molecule has 4 rings (SSSR count). The molecule has 3 heterocycles. The summed E-state index contributed by atoms with van der Waals surface area (Å²) in [4.78, 5) is 19.9. The topological polar surface area (TPSA) is 37.6 Å². The summed E-state index contributed by atoms with van der Waals surface area (Å²) in [5.41, 5.74) is 2.64. The zero-order valence-corrected chi connectivity index (χ0v) is 11.6. The molecule has 20 heavy (non-hydrogen) atoms. The van der Waals surface area contributed by atoms with E-state index in [9.17, 15) is 4.79 Å². The second kappa shape index (κ2) is 4.05. The minimum Gasteiger partial charge on any atom is -0.350 e. The summed E-state index contributed by atoms with van der Waals surface area (Å²) in [6, 6.07) is 7.71. The number of thiazole rings is 1. The number of nitrogens with zero attached hydrogens (tertiary/aromatic N) is 3. The smallest absolute Gasteiger partial charge is 0.277 e. The number of para-hydroxylation sites is 2. The van der Waals surface area contributed by atoms with E-state index in [2.05, 4.69) is 4.98 Å². The van der Waals surface area contributed by atoms with Crippen LogP contribution in [0.25, 0.3) is 21.7 Å². The van der Waals surface area contributed by atoms with Gasteiger partial charge in [0.15, 0.2) is 4.96 Å². The molecule has 2 aromatic heterocycles. The monoisotopic (exact) mass is 281 g/mol. The van der Waals surface area contributed by atoms with Crippen LogP contribution in [-0.2, 0) is 0 Å². The van der Waals surface area contributed by atoms with E-state index in [0.717, 1.165) is 26.2 Å². The summed E-state index contributed by atoms with van der Waals surface area (Å²) >= 11 is 1.44. The Balaban J connectivity index is 2.16. The predicted molar refractivity (Wildman–Crippen MR) is 81.5 cm³/mol. The normalized spacial score (nSPS) is 17.6. The Hall–Kier alpha value is -2.40. The highest BCUT2D eigenvalue weighted by Gasteiger charge is 2.14. The van der Waals surface area contributed by atoms with E-state index in [0.29, 0.717) is 0 Å². The third-order valence-corrected chi connectivity index (χ3v) is 4.45. The summed E-state index contributed by atoms with van der Waals surface area (Å²) in [6.07, 6.45) is 7.78. The minimum absolute atomic E-state index is 0.000463. The standard InChI is InChI=1S/C15H11N3OS/c1-17-9-5-4-8-12(17)13-14(19)18-11-7-3-2-6-10(11)16-15(18)20-13/h2-9H,1H3. The molecule has 0 fully saturated rings. The van der Waals surface area contributed by atoms with Crippen LogP contribution in [0.2, 0.25) is 0 Å². The van der Waals surface area contributed by atoms with E-state index in [-0.39, 0.29) is 5.56 Å². The molecule has 0 spiro atoms. The first kappa shape index (κ1) is 11.4. The highest BCUT2D eigenvalue weighted by atomic mass is 32.1. The molecule has 0 bridgehead atoms. The first-order valence-electron chi connectivity index (χ1n) is 6.28. The minimum atomic E-state index is 0.000463. The number of likely N-dealkylation sites (N-methyl/N-ethyl adjacent to an activating group) is 1. The molecule has 0 saturated carbocycles. The van der Waals surface area contributed by atoms with Gasteiger partial charge in [0.05, 0.1) is 16.7 Å². The lowest BCUT2D eigenvalue weighted by Gasteiger charge is -2.16. The number of allylic oxidation sites excluding steroid dienone is 2. The van der Waals surface area contributed by atoms with E-state index in [1.165, 1.54) is 11.3 Å². The number of rotatable bonds is 0. The van der Waals surface area contributed by atoms with Crippen molar-refractivity contribution in [1.82, 2.24) is 14.3 Å². The maximum atomic E-state index is 12.7. The zero-order chi connectivity index (χ0) is 13.7. The number of hydrogen-bond acceptors (Lipinski definition) is 4. The van der Waals surface area contributed by atoms with Gasteiger partial charge in [-0.05, 0) is 24.3 Å². The quantitative estimate of drug-likeness (QED) is 0.630. The second-order valence-electron chi connectivity index (χ2n) is 4.65. The van der Waals surface area contributed by atoms with Gasteiger partial charge in [-0.2, -0.15) is 0 Å². The fraction of sp³-hybridized carbons (Fsp3) is 0.0667. The van der Waals surface area contributed by atoms with Crippen LogP contribution in [0.1, 0.15) is 0 Å². The molecular weight excluding hydrogens is 270 g/mol. The fourth-order valence-corrected chi connectivity index (χ4v) is 3.52. The zero-order valence-electron chi connectivity index (χ0n) is 10.8. The molecule has 0 amide bonds. The van der Waals surface area contributed by atoms with Gasteiger partial charge in [-0.3, -0.25) is 4.79 Å². The number of hydrogen-bond donors (Lipinski definition) is 0. The van der Waals surface area contributed by atoms with Gasteiger partial charge < -0.3 is 4.90 Å². The third kappa shape index (κ3) is 1.47. The van der Waals surface area contributed by atoms with Crippen molar-refractivity contribution in [3.05, 3.63) is 63.6 Å². The van der Waals surface area contributed by atoms with E-state index < -0.39 is 0 Å². The maximum Gasteiger partial charge on any atom is 0.277 e. The van der Waals surface area contributed by atoms with Crippen LogP contribution in [0.15, 0.2) is 53.5 Å². The fourth-order valence-electron chi connectivity index (χ4n) is 2.43. The Bertz CT molecular complexity index is 993. The lowest BCUT2D eigenvalue weighted by Crippen LogP contribution is -2.29. The molecule has 0 aliphatic carbocycles. The molecule has 1 aromatic carbocycles. The summed E-state index contributed by atoms with van der Waals surface area (Å²) in [5, 5.41) is 0. The Morgan fingerprint density at radius 3 is 2.90 bits per heavy atom. The first-order valence-corrected chi connectivity index (χ1v) is 7.09. The molecule has 0 unspecified atom stereocenters. The summed E-state index contributed by atoms with van der Waals surface area (Å²) in [5.74, 6) is 0. The summed E-state index contributed by atoms with van der Waals surface area (Å²) < 4.78 is 2.42. The van der Waals surface area contributed by atoms with Crippen LogP contribution >= 0.6 is 11.3 Å². The number of imidazole rings is 1. The van der Waals surface area contributed by atoms with Gasteiger partial charge in [0.1, 0.15) is 4.53 Å². The lowest BCUT2D eigenvalue weighted by atomic mass is 10.3. The Labute approximate surface area is 118 Å². The van der Waals surface area contributed by atoms with Crippen LogP contribution in [0.5, 0.6) is 0 Å². The summed E-state index contributed by atoms with van der Waals surface area (Å²) in [6.45, 7) is 0. The Morgan fingerprint density at radius 2 is 2.05 bits per heavy atom. The van der Waals surface area contributed by atoms with Gasteiger partial charge in [-0.1, -0.05) is 29.5 Å². The molecule has 3 aromatic rings. The molecule has 1 aliphatic heterocycles. The molecule has 0 radical (unpaired) electrons. The van der Waals surface area contributed by atoms with Crippen LogP contribution in [0.3, 0.4) is 0 Å². The van der Waals surface area contributed by atoms with Crippen molar-refractivity contribution in [1.29, 1.82) is 0 Å². The number of benzene rings is 1. The Kier molecular flexibility index (Phi) is 2.31. The van der Waals surface area contributed by atoms with E-state index in [1.807, 2.05) is 60.6 Å². The number of fused-ring (bicyclic) bond motifs is 3. The molecule has 4 nitrogen and oxygen atoms in total. The SMILES string of the molecule is CN1C=CC=CC1=c1sc2nc3ccccc3n2c1=O. The third-order valence-electron chi connectivity index (χ3n) is 3.41. The molecule has 0 saturated heterocycles. The lowest BCUT2D eigenvalue weighted by molar-refractivity contribution is 0.652. The van der Waals surface area contributed by atoms with Gasteiger partial charge in [-0.25, -0.2) is 9.38 Å². The molecule has 98 valence electrons. The molecular formula is C15H11N3OS. The maximum absolute atomic E-state index is 12.7. The predicted octanol–water partition coefficient (Wildman–Crippen LogP) is 1.75. The highest BCUT2D eigenvalue weighted by Crippen LogP contribution is 2.17. The average Bonchev–Trinajstić information content (AvgIpc) is 2.97. The van der Waals surface area contributed by atoms with Crippen molar-refractivity contribution in [2.24, 2.45) is 0 Å². The molecule has 5 heteroatoms. The van der Waals surface area contributed by atoms with Crippen molar-refractivity contribution in [2.45, 2.75) is 0 Å². The number of aromatic nitrogens is 2. The van der Waals surface area contributed by atoms with Gasteiger partial charge in [0.2, 0.25) is 0 Å². The highest BCUT2D eigenvalue weighted by molar-refractivity contribution is 7.15. The van der Waals surface area contributed by atoms with Gasteiger partial charge >= 0.3 is 0 Å². The Morgan fingerprint density at radius 1 is 1.20 bits per heavy atom. The van der Waals surface area contributed by atoms with Crippen molar-refractivity contribution >= 4 is 33.0 Å². The van der Waals surface area contributed by atoms with Crippen molar-refractivity contribution < 1.29 is 0 Å². The van der Waals surface area contributed by atoms with Crippen LogP contribution < -0.4 is 10.1 Å². The summed E-state index contributed by atoms with van der Waals surface area (Å²) in [7, 11) is 1.94. The molecule has 1 aliphatic rings. The van der Waals surface area contributed by atoms with Crippen molar-refractivity contribution in [2.75, 3.05) is 7.05 Å². The van der Waals surface area contributed by atoms with E-state index in [4.69, 9.17) is 0 Å². The largest absolute Gasteiger partial charge is 0.350 e. The van der Waals surface area contributed by atoms with Crippen LogP contribution in [0, 0.1) is 0 Å². The van der Waals surface area contributed by atoms with Crippen LogP contribution in [-0.4, -0.2) is 21.3 Å². The second-order valence-corrected chi connectivity index (χ2v) is 5.63. The van der Waals surface area contributed by atoms with Crippen molar-refractivity contribution in [3.63, 3.8) is 0 Å². The van der Waals surface area contributed by atoms with Crippen molar-refractivity contribution in [3.8, 4) is 0 Å². The molecule has 0 N–H and O–H groups in total. The van der Waals surface area contributed by atoms with Crippen LogP contribution in [0.4, 0.5) is 0 Å². The first-order chi connectivity index (χ1) is 9.75. The van der Waals surface area contributed by atoms with E-state index in [1.54, 1.807) is 4.40 Å². The van der Waals surface area contributed by atoms with Gasteiger partial charge in [-0.15, -0.1) is 0 Å². The van der Waals surface area contributed by atoms with Gasteiger partial charge in [0, 0.05) is 13.2 Å². The van der Waals surface area contributed by atoms with E-state index >= 15 is 0 Å². The molecule has 0 atom stereocenters. The average molecular weight is 281 g/mol.